The fourth-order valence-corrected chi connectivity index (χ4v) is 2.70. The molecule has 0 bridgehead atoms. The molecule has 0 radical (unpaired) electrons. The van der Waals surface area contributed by atoms with Crippen molar-refractivity contribution < 1.29 is 33.3 Å². The molecule has 8 nitrogen and oxygen atoms in total. The summed E-state index contributed by atoms with van der Waals surface area (Å²) in [5, 5.41) is 2.63. The van der Waals surface area contributed by atoms with E-state index in [1.54, 1.807) is 37.4 Å². The van der Waals surface area contributed by atoms with Gasteiger partial charge in [0.05, 0.1) is 20.1 Å². The molecule has 2 aromatic carbocycles. The third-order valence-electron chi connectivity index (χ3n) is 4.07. The van der Waals surface area contributed by atoms with Crippen molar-refractivity contribution in [3.8, 4) is 23.0 Å². The van der Waals surface area contributed by atoms with Crippen LogP contribution in [-0.4, -0.2) is 52.0 Å². The topological polar surface area (TPSA) is 92.3 Å². The number of nitrogens with one attached hydrogen (secondary N) is 1. The minimum absolute atomic E-state index is 0.0425. The second-order valence-electron chi connectivity index (χ2n) is 6.16. The number of esters is 1. The van der Waals surface area contributed by atoms with E-state index in [9.17, 15) is 9.59 Å². The minimum atomic E-state index is -0.498. The van der Waals surface area contributed by atoms with Crippen LogP contribution >= 0.6 is 0 Å². The van der Waals surface area contributed by atoms with E-state index in [-0.39, 0.29) is 26.2 Å². The van der Waals surface area contributed by atoms with Crippen LogP contribution in [0, 0.1) is 0 Å². The molecule has 1 N–H and O–H groups in total. The fourth-order valence-electron chi connectivity index (χ4n) is 2.70. The lowest BCUT2D eigenvalue weighted by Crippen LogP contribution is -2.32. The highest BCUT2D eigenvalue weighted by molar-refractivity contribution is 5.81. The van der Waals surface area contributed by atoms with Crippen molar-refractivity contribution in [1.82, 2.24) is 5.32 Å². The summed E-state index contributed by atoms with van der Waals surface area (Å²) in [5.74, 6) is 1.57. The summed E-state index contributed by atoms with van der Waals surface area (Å²) < 4.78 is 26.7. The number of rotatable bonds is 9. The Labute approximate surface area is 168 Å². The molecule has 1 heterocycles. The Morgan fingerprint density at radius 2 is 1.79 bits per heavy atom. The van der Waals surface area contributed by atoms with E-state index in [0.29, 0.717) is 36.2 Å². The average molecular weight is 401 g/mol. The number of hydrogen-bond acceptors (Lipinski definition) is 7. The quantitative estimate of drug-likeness (QED) is 0.505. The molecule has 1 amide bonds. The highest BCUT2D eigenvalue weighted by Crippen LogP contribution is 2.31. The molecule has 0 saturated heterocycles. The molecular formula is C21H23NO7. The van der Waals surface area contributed by atoms with Crippen LogP contribution in [-0.2, 0) is 20.7 Å². The van der Waals surface area contributed by atoms with E-state index in [1.807, 2.05) is 12.1 Å². The number of para-hydroxylation sites is 2. The maximum absolute atomic E-state index is 12.0. The van der Waals surface area contributed by atoms with Gasteiger partial charge in [0, 0.05) is 0 Å². The second-order valence-corrected chi connectivity index (χ2v) is 6.16. The van der Waals surface area contributed by atoms with Gasteiger partial charge in [0.1, 0.15) is 19.8 Å². The maximum atomic E-state index is 12.0. The lowest BCUT2D eigenvalue weighted by Gasteiger charge is -2.18. The highest BCUT2D eigenvalue weighted by atomic mass is 16.6. The largest absolute Gasteiger partial charge is 0.493 e. The van der Waals surface area contributed by atoms with Gasteiger partial charge in [-0.1, -0.05) is 18.2 Å². The molecule has 8 heteroatoms. The molecule has 0 aromatic heterocycles. The molecule has 0 spiro atoms. The van der Waals surface area contributed by atoms with Crippen LogP contribution in [0.1, 0.15) is 5.56 Å². The zero-order chi connectivity index (χ0) is 20.5. The monoisotopic (exact) mass is 401 g/mol. The van der Waals surface area contributed by atoms with E-state index in [0.717, 1.165) is 5.56 Å². The maximum Gasteiger partial charge on any atom is 0.310 e. The third kappa shape index (κ3) is 6.03. The van der Waals surface area contributed by atoms with Gasteiger partial charge in [-0.25, -0.2) is 0 Å². The standard InChI is InChI=1S/C21H23NO7/c1-25-16-4-2-3-5-17(16)26-9-8-22-20(23)14-29-21(24)13-15-6-7-18-19(12-15)28-11-10-27-18/h2-7,12H,8-11,13-14H2,1H3,(H,22,23). The van der Waals surface area contributed by atoms with Crippen molar-refractivity contribution in [2.24, 2.45) is 0 Å². The number of amides is 1. The second kappa shape index (κ2) is 10.2. The van der Waals surface area contributed by atoms with E-state index in [1.165, 1.54) is 0 Å². The van der Waals surface area contributed by atoms with Crippen LogP contribution in [0.3, 0.4) is 0 Å². The summed E-state index contributed by atoms with van der Waals surface area (Å²) in [4.78, 5) is 23.8. The Balaban J connectivity index is 1.34. The Bertz CT molecular complexity index is 853. The summed E-state index contributed by atoms with van der Waals surface area (Å²) in [6.07, 6.45) is 0.0425. The minimum Gasteiger partial charge on any atom is -0.493 e. The number of hydrogen-bond donors (Lipinski definition) is 1. The van der Waals surface area contributed by atoms with Gasteiger partial charge >= 0.3 is 5.97 Å². The summed E-state index contributed by atoms with van der Waals surface area (Å²) in [7, 11) is 1.56. The van der Waals surface area contributed by atoms with E-state index >= 15 is 0 Å². The van der Waals surface area contributed by atoms with Crippen molar-refractivity contribution in [3.63, 3.8) is 0 Å². The zero-order valence-corrected chi connectivity index (χ0v) is 16.1. The van der Waals surface area contributed by atoms with Gasteiger partial charge < -0.3 is 29.0 Å². The zero-order valence-electron chi connectivity index (χ0n) is 16.1. The first-order valence-corrected chi connectivity index (χ1v) is 9.22. The van der Waals surface area contributed by atoms with Gasteiger partial charge in [-0.2, -0.15) is 0 Å². The van der Waals surface area contributed by atoms with Crippen LogP contribution in [0.15, 0.2) is 42.5 Å². The molecule has 0 fully saturated rings. The van der Waals surface area contributed by atoms with E-state index in [2.05, 4.69) is 5.32 Å². The first-order valence-electron chi connectivity index (χ1n) is 9.22. The van der Waals surface area contributed by atoms with Gasteiger partial charge in [-0.15, -0.1) is 0 Å². The van der Waals surface area contributed by atoms with Crippen molar-refractivity contribution >= 4 is 11.9 Å². The first-order chi connectivity index (χ1) is 14.2. The molecule has 1 aliphatic rings. The molecule has 29 heavy (non-hydrogen) atoms. The summed E-state index contributed by atoms with van der Waals surface area (Å²) in [6.45, 7) is 1.17. The summed E-state index contributed by atoms with van der Waals surface area (Å²) in [6, 6.07) is 12.5. The van der Waals surface area contributed by atoms with E-state index < -0.39 is 11.9 Å². The molecule has 3 rings (SSSR count). The number of carbonyl (C=O) groups is 2. The Kier molecular flexibility index (Phi) is 7.16. The third-order valence-corrected chi connectivity index (χ3v) is 4.07. The fraction of sp³-hybridized carbons (Fsp3) is 0.333. The molecule has 0 atom stereocenters. The number of fused-ring (bicyclic) bond motifs is 1. The predicted octanol–water partition coefficient (Wildman–Crippen LogP) is 1.75. The van der Waals surface area contributed by atoms with E-state index in [4.69, 9.17) is 23.7 Å². The van der Waals surface area contributed by atoms with Crippen molar-refractivity contribution in [2.45, 2.75) is 6.42 Å². The Morgan fingerprint density at radius 1 is 1.03 bits per heavy atom. The Morgan fingerprint density at radius 3 is 2.59 bits per heavy atom. The van der Waals surface area contributed by atoms with Gasteiger partial charge in [-0.05, 0) is 29.8 Å². The summed E-state index contributed by atoms with van der Waals surface area (Å²) in [5.41, 5.74) is 0.727. The van der Waals surface area contributed by atoms with Crippen molar-refractivity contribution in [2.75, 3.05) is 40.1 Å². The van der Waals surface area contributed by atoms with Crippen LogP contribution in [0.25, 0.3) is 0 Å². The van der Waals surface area contributed by atoms with Gasteiger partial charge in [0.25, 0.3) is 5.91 Å². The number of carbonyl (C=O) groups excluding carboxylic acids is 2. The highest BCUT2D eigenvalue weighted by Gasteiger charge is 2.14. The van der Waals surface area contributed by atoms with Crippen molar-refractivity contribution in [1.29, 1.82) is 0 Å². The normalized spacial score (nSPS) is 12.0. The molecule has 0 aliphatic carbocycles. The number of benzene rings is 2. The van der Waals surface area contributed by atoms with Crippen LogP contribution in [0.4, 0.5) is 0 Å². The smallest absolute Gasteiger partial charge is 0.310 e. The summed E-state index contributed by atoms with van der Waals surface area (Å²) >= 11 is 0. The number of methoxy groups -OCH3 is 1. The molecule has 154 valence electrons. The Hall–Kier alpha value is -3.42. The predicted molar refractivity (Wildman–Crippen MR) is 104 cm³/mol. The molecule has 0 unspecified atom stereocenters. The van der Waals surface area contributed by atoms with Gasteiger partial charge in [0.2, 0.25) is 0 Å². The number of ether oxygens (including phenoxy) is 5. The molecular weight excluding hydrogens is 378 g/mol. The first kappa shape index (κ1) is 20.3. The lowest BCUT2D eigenvalue weighted by molar-refractivity contribution is -0.147. The average Bonchev–Trinajstić information content (AvgIpc) is 2.75. The SMILES string of the molecule is COc1ccccc1OCCNC(=O)COC(=O)Cc1ccc2c(c1)OCCO2. The molecule has 2 aromatic rings. The van der Waals surface area contributed by atoms with Crippen LogP contribution in [0.2, 0.25) is 0 Å². The molecule has 0 saturated carbocycles. The van der Waals surface area contributed by atoms with Gasteiger partial charge in [-0.3, -0.25) is 9.59 Å². The lowest BCUT2D eigenvalue weighted by atomic mass is 10.1. The van der Waals surface area contributed by atoms with Crippen LogP contribution < -0.4 is 24.3 Å². The van der Waals surface area contributed by atoms with Gasteiger partial charge in [0.15, 0.2) is 29.6 Å². The van der Waals surface area contributed by atoms with Crippen LogP contribution in [0.5, 0.6) is 23.0 Å². The van der Waals surface area contributed by atoms with Crippen molar-refractivity contribution in [3.05, 3.63) is 48.0 Å². The molecule has 1 aliphatic heterocycles.